The van der Waals surface area contributed by atoms with Crippen molar-refractivity contribution in [2.24, 2.45) is 11.8 Å². The Kier molecular flexibility index (Phi) is 4.84. The summed E-state index contributed by atoms with van der Waals surface area (Å²) in [6.07, 6.45) is 2.21. The van der Waals surface area contributed by atoms with Gasteiger partial charge in [-0.3, -0.25) is 0 Å². The van der Waals surface area contributed by atoms with Crippen LogP contribution < -0.4 is 0 Å². The first-order chi connectivity index (χ1) is 8.11. The number of hydrogen-bond donors (Lipinski definition) is 1. The van der Waals surface area contributed by atoms with Gasteiger partial charge >= 0.3 is 0 Å². The largest absolute Gasteiger partial charge is 0.395 e. The fraction of sp³-hybridized carbons (Fsp3) is 1.00. The second-order valence-corrected chi connectivity index (χ2v) is 9.27. The van der Waals surface area contributed by atoms with Gasteiger partial charge in [0.25, 0.3) is 0 Å². The van der Waals surface area contributed by atoms with E-state index in [2.05, 4.69) is 0 Å². The highest BCUT2D eigenvalue weighted by Gasteiger charge is 2.42. The minimum atomic E-state index is -3.38. The standard InChI is InChI=1S/C13H27NO3S/c1-10(2)12(9-15)14(8-11-6-7-11)18(16,17)13(3,4)5/h10-12,15H,6-9H2,1-5H3/t12-/m0/s1. The molecule has 1 aliphatic carbocycles. The number of hydrogen-bond acceptors (Lipinski definition) is 3. The van der Waals surface area contributed by atoms with E-state index >= 15 is 0 Å². The maximum absolute atomic E-state index is 12.6. The van der Waals surface area contributed by atoms with Crippen LogP contribution in [0.3, 0.4) is 0 Å². The van der Waals surface area contributed by atoms with Crippen molar-refractivity contribution in [1.82, 2.24) is 4.31 Å². The molecule has 4 nitrogen and oxygen atoms in total. The summed E-state index contributed by atoms with van der Waals surface area (Å²) in [6, 6.07) is -0.310. The Bertz CT molecular complexity index is 366. The van der Waals surface area contributed by atoms with E-state index < -0.39 is 14.8 Å². The summed E-state index contributed by atoms with van der Waals surface area (Å²) in [5.41, 5.74) is 0. The number of aliphatic hydroxyl groups excluding tert-OH is 1. The molecule has 0 aromatic rings. The zero-order valence-corrected chi connectivity index (χ0v) is 13.0. The first-order valence-corrected chi connectivity index (χ1v) is 8.17. The van der Waals surface area contributed by atoms with Gasteiger partial charge in [0.1, 0.15) is 0 Å². The van der Waals surface area contributed by atoms with Crippen LogP contribution in [0.15, 0.2) is 0 Å². The van der Waals surface area contributed by atoms with Crippen molar-refractivity contribution in [1.29, 1.82) is 0 Å². The fourth-order valence-electron chi connectivity index (χ4n) is 1.95. The molecule has 1 rings (SSSR count). The Morgan fingerprint density at radius 3 is 2.06 bits per heavy atom. The lowest BCUT2D eigenvalue weighted by atomic mass is 10.1. The Morgan fingerprint density at radius 1 is 1.28 bits per heavy atom. The summed E-state index contributed by atoms with van der Waals surface area (Å²) < 4.78 is 26.0. The summed E-state index contributed by atoms with van der Waals surface area (Å²) >= 11 is 0. The lowest BCUT2D eigenvalue weighted by Crippen LogP contribution is -2.52. The third-order valence-corrected chi connectivity index (χ3v) is 6.13. The molecule has 18 heavy (non-hydrogen) atoms. The van der Waals surface area contributed by atoms with Gasteiger partial charge in [-0.1, -0.05) is 13.8 Å². The molecule has 0 spiro atoms. The molecule has 1 aliphatic rings. The van der Waals surface area contributed by atoms with Gasteiger partial charge in [-0.2, -0.15) is 4.31 Å². The average Bonchev–Trinajstić information content (AvgIpc) is 2.98. The van der Waals surface area contributed by atoms with Crippen LogP contribution in [0, 0.1) is 11.8 Å². The van der Waals surface area contributed by atoms with E-state index in [1.807, 2.05) is 13.8 Å². The van der Waals surface area contributed by atoms with Gasteiger partial charge < -0.3 is 5.11 Å². The molecule has 0 aliphatic heterocycles. The van der Waals surface area contributed by atoms with Crippen LogP contribution in [0.2, 0.25) is 0 Å². The first kappa shape index (κ1) is 15.9. The van der Waals surface area contributed by atoms with Gasteiger partial charge in [0.2, 0.25) is 10.0 Å². The van der Waals surface area contributed by atoms with Gasteiger partial charge in [-0.25, -0.2) is 8.42 Å². The summed E-state index contributed by atoms with van der Waals surface area (Å²) in [7, 11) is -3.38. The van der Waals surface area contributed by atoms with Crippen LogP contribution >= 0.6 is 0 Å². The van der Waals surface area contributed by atoms with Crippen LogP contribution in [0.25, 0.3) is 0 Å². The molecule has 0 amide bonds. The lowest BCUT2D eigenvalue weighted by Gasteiger charge is -2.37. The van der Waals surface area contributed by atoms with Crippen LogP contribution in [-0.2, 0) is 10.0 Å². The summed E-state index contributed by atoms with van der Waals surface area (Å²) in [6.45, 7) is 9.52. The van der Waals surface area contributed by atoms with Gasteiger partial charge in [-0.05, 0) is 45.4 Å². The molecular formula is C13H27NO3S. The molecule has 0 bridgehead atoms. The molecule has 1 N–H and O–H groups in total. The third kappa shape index (κ3) is 3.45. The topological polar surface area (TPSA) is 57.6 Å². The molecule has 1 atom stereocenters. The highest BCUT2D eigenvalue weighted by atomic mass is 32.2. The molecule has 5 heteroatoms. The summed E-state index contributed by atoms with van der Waals surface area (Å²) in [5.74, 6) is 0.598. The van der Waals surface area contributed by atoms with Crippen molar-refractivity contribution in [2.45, 2.75) is 58.2 Å². The second kappa shape index (κ2) is 5.47. The Balaban J connectivity index is 3.03. The van der Waals surface area contributed by atoms with Gasteiger partial charge in [0.15, 0.2) is 0 Å². The SMILES string of the molecule is CC(C)[C@H](CO)N(CC1CC1)S(=O)(=O)C(C)(C)C. The smallest absolute Gasteiger partial charge is 0.219 e. The van der Waals surface area contributed by atoms with Crippen molar-refractivity contribution in [3.05, 3.63) is 0 Å². The molecule has 1 saturated carbocycles. The number of nitrogens with zero attached hydrogens (tertiary/aromatic N) is 1. The van der Waals surface area contributed by atoms with E-state index in [0.29, 0.717) is 12.5 Å². The highest BCUT2D eigenvalue weighted by Crippen LogP contribution is 2.34. The van der Waals surface area contributed by atoms with Gasteiger partial charge in [0, 0.05) is 6.54 Å². The van der Waals surface area contributed by atoms with Gasteiger partial charge in [-0.15, -0.1) is 0 Å². The third-order valence-electron chi connectivity index (χ3n) is 3.54. The quantitative estimate of drug-likeness (QED) is 0.806. The average molecular weight is 277 g/mol. The molecule has 0 heterocycles. The van der Waals surface area contributed by atoms with Crippen LogP contribution in [0.4, 0.5) is 0 Å². The lowest BCUT2D eigenvalue weighted by molar-refractivity contribution is 0.146. The van der Waals surface area contributed by atoms with Crippen molar-refractivity contribution < 1.29 is 13.5 Å². The van der Waals surface area contributed by atoms with E-state index in [-0.39, 0.29) is 18.6 Å². The molecule has 1 fully saturated rings. The maximum atomic E-state index is 12.6. The molecular weight excluding hydrogens is 250 g/mol. The molecule has 0 unspecified atom stereocenters. The van der Waals surface area contributed by atoms with E-state index in [1.165, 1.54) is 0 Å². The van der Waals surface area contributed by atoms with Crippen molar-refractivity contribution in [2.75, 3.05) is 13.2 Å². The van der Waals surface area contributed by atoms with Crippen molar-refractivity contribution in [3.63, 3.8) is 0 Å². The molecule has 0 aromatic carbocycles. The predicted molar refractivity (Wildman–Crippen MR) is 73.8 cm³/mol. The van der Waals surface area contributed by atoms with Crippen LogP contribution in [0.5, 0.6) is 0 Å². The minimum Gasteiger partial charge on any atom is -0.395 e. The Morgan fingerprint density at radius 2 is 1.78 bits per heavy atom. The number of aliphatic hydroxyl groups is 1. The van der Waals surface area contributed by atoms with Crippen LogP contribution in [-0.4, -0.2) is 41.8 Å². The molecule has 0 aromatic heterocycles. The number of sulfonamides is 1. The normalized spacial score (nSPS) is 19.6. The van der Waals surface area contributed by atoms with Gasteiger partial charge in [0.05, 0.1) is 17.4 Å². The maximum Gasteiger partial charge on any atom is 0.219 e. The zero-order valence-electron chi connectivity index (χ0n) is 12.2. The zero-order chi connectivity index (χ0) is 14.1. The van der Waals surface area contributed by atoms with E-state index in [4.69, 9.17) is 0 Å². The number of rotatable bonds is 6. The Hall–Kier alpha value is -0.130. The van der Waals surface area contributed by atoms with Crippen LogP contribution in [0.1, 0.15) is 47.5 Å². The molecule has 0 saturated heterocycles. The van der Waals surface area contributed by atoms with E-state index in [9.17, 15) is 13.5 Å². The summed E-state index contributed by atoms with van der Waals surface area (Å²) in [4.78, 5) is 0. The fourth-order valence-corrected chi connectivity index (χ4v) is 3.73. The summed E-state index contributed by atoms with van der Waals surface area (Å²) in [5, 5.41) is 9.52. The van der Waals surface area contributed by atoms with E-state index in [1.54, 1.807) is 25.1 Å². The van der Waals surface area contributed by atoms with Crippen molar-refractivity contribution >= 4 is 10.0 Å². The minimum absolute atomic E-state index is 0.111. The monoisotopic (exact) mass is 277 g/mol. The van der Waals surface area contributed by atoms with E-state index in [0.717, 1.165) is 12.8 Å². The Labute approximate surface area is 111 Å². The predicted octanol–water partition coefficient (Wildman–Crippen LogP) is 1.84. The second-order valence-electron chi connectivity index (χ2n) is 6.62. The molecule has 108 valence electrons. The van der Waals surface area contributed by atoms with Crippen molar-refractivity contribution in [3.8, 4) is 0 Å². The highest BCUT2D eigenvalue weighted by molar-refractivity contribution is 7.90. The first-order valence-electron chi connectivity index (χ1n) is 6.73. The molecule has 0 radical (unpaired) electrons.